The summed E-state index contributed by atoms with van der Waals surface area (Å²) in [5, 5.41) is 13.0. The van der Waals surface area contributed by atoms with Gasteiger partial charge in [0.25, 0.3) is 0 Å². The fourth-order valence-corrected chi connectivity index (χ4v) is 3.72. The highest BCUT2D eigenvalue weighted by molar-refractivity contribution is 6.11. The zero-order valence-corrected chi connectivity index (χ0v) is 18.7. The molecule has 0 aliphatic rings. The average Bonchev–Trinajstić information content (AvgIpc) is 3.13. The molecule has 4 rings (SSSR count). The number of nitro benzene ring substituents is 1. The second-order valence-electron chi connectivity index (χ2n) is 7.92. The standard InChI is InChI=1S/C24H23N3O6/c1-13(2)32-24(28)23-17(12-31-4)22-16-10-15(6-7-18(16)26-19(22)11-25-23)33-21-8-5-14(3)9-20(21)27(29)30/h5-11,13,26H,12H2,1-4H3. The van der Waals surface area contributed by atoms with Crippen molar-refractivity contribution in [1.82, 2.24) is 9.97 Å². The lowest BCUT2D eigenvalue weighted by Crippen LogP contribution is -2.15. The summed E-state index contributed by atoms with van der Waals surface area (Å²) in [6.45, 7) is 5.47. The first-order valence-electron chi connectivity index (χ1n) is 10.3. The van der Waals surface area contributed by atoms with Gasteiger partial charge >= 0.3 is 11.7 Å². The number of carbonyl (C=O) groups is 1. The van der Waals surface area contributed by atoms with Crippen LogP contribution in [0.5, 0.6) is 11.5 Å². The van der Waals surface area contributed by atoms with Gasteiger partial charge in [0.05, 0.1) is 29.3 Å². The smallest absolute Gasteiger partial charge is 0.357 e. The van der Waals surface area contributed by atoms with Crippen LogP contribution in [0.1, 0.15) is 35.5 Å². The van der Waals surface area contributed by atoms with Crippen LogP contribution in [0, 0.1) is 17.0 Å². The fraction of sp³-hybridized carbons (Fsp3) is 0.250. The molecule has 9 heteroatoms. The van der Waals surface area contributed by atoms with Crippen molar-refractivity contribution in [2.45, 2.75) is 33.5 Å². The van der Waals surface area contributed by atoms with E-state index >= 15 is 0 Å². The number of nitrogens with one attached hydrogen (secondary N) is 1. The Labute approximate surface area is 189 Å². The summed E-state index contributed by atoms with van der Waals surface area (Å²) < 4.78 is 16.6. The quantitative estimate of drug-likeness (QED) is 0.227. The normalized spacial score (nSPS) is 11.3. The third-order valence-corrected chi connectivity index (χ3v) is 5.07. The van der Waals surface area contributed by atoms with E-state index in [1.54, 1.807) is 51.2 Å². The first kappa shape index (κ1) is 22.2. The molecule has 0 saturated heterocycles. The molecule has 0 bridgehead atoms. The number of fused-ring (bicyclic) bond motifs is 3. The number of methoxy groups -OCH3 is 1. The van der Waals surface area contributed by atoms with Crippen molar-refractivity contribution in [2.24, 2.45) is 0 Å². The van der Waals surface area contributed by atoms with Crippen molar-refractivity contribution in [3.8, 4) is 11.5 Å². The van der Waals surface area contributed by atoms with Gasteiger partial charge in [0, 0.05) is 35.0 Å². The molecule has 0 atom stereocenters. The lowest BCUT2D eigenvalue weighted by Gasteiger charge is -2.12. The van der Waals surface area contributed by atoms with Gasteiger partial charge in [-0.05, 0) is 50.6 Å². The molecule has 0 aliphatic carbocycles. The highest BCUT2D eigenvalue weighted by Gasteiger charge is 2.22. The Morgan fingerprint density at radius 3 is 2.67 bits per heavy atom. The van der Waals surface area contributed by atoms with E-state index in [0.717, 1.165) is 27.4 Å². The maximum absolute atomic E-state index is 12.7. The number of pyridine rings is 1. The maximum Gasteiger partial charge on any atom is 0.357 e. The minimum absolute atomic E-state index is 0.114. The number of benzene rings is 2. The second-order valence-corrected chi connectivity index (χ2v) is 7.92. The predicted octanol–water partition coefficient (Wildman–Crippen LogP) is 5.44. The molecule has 2 aromatic heterocycles. The molecule has 0 radical (unpaired) electrons. The fourth-order valence-electron chi connectivity index (χ4n) is 3.72. The van der Waals surface area contributed by atoms with Crippen molar-refractivity contribution in [2.75, 3.05) is 7.11 Å². The third-order valence-electron chi connectivity index (χ3n) is 5.07. The molecule has 0 saturated carbocycles. The van der Waals surface area contributed by atoms with Crippen molar-refractivity contribution >= 4 is 33.5 Å². The number of aryl methyl sites for hydroxylation is 1. The van der Waals surface area contributed by atoms with Crippen molar-refractivity contribution in [3.05, 3.63) is 69.5 Å². The molecule has 0 fully saturated rings. The van der Waals surface area contributed by atoms with E-state index in [4.69, 9.17) is 14.2 Å². The predicted molar refractivity (Wildman–Crippen MR) is 123 cm³/mol. The Kier molecular flexibility index (Phi) is 5.97. The summed E-state index contributed by atoms with van der Waals surface area (Å²) in [6, 6.07) is 10.1. The van der Waals surface area contributed by atoms with Gasteiger partial charge in [0.15, 0.2) is 5.69 Å². The summed E-state index contributed by atoms with van der Waals surface area (Å²) >= 11 is 0. The van der Waals surface area contributed by atoms with Crippen LogP contribution in [-0.4, -0.2) is 34.1 Å². The lowest BCUT2D eigenvalue weighted by atomic mass is 10.1. The molecular formula is C24H23N3O6. The molecule has 2 heterocycles. The minimum atomic E-state index is -0.531. The van der Waals surface area contributed by atoms with Crippen LogP contribution in [0.25, 0.3) is 21.8 Å². The number of hydrogen-bond acceptors (Lipinski definition) is 7. The molecule has 9 nitrogen and oxygen atoms in total. The third kappa shape index (κ3) is 4.35. The monoisotopic (exact) mass is 449 g/mol. The summed E-state index contributed by atoms with van der Waals surface area (Å²) in [5.74, 6) is 0.0302. The number of nitro groups is 1. The zero-order chi connectivity index (χ0) is 23.7. The van der Waals surface area contributed by atoms with Crippen LogP contribution < -0.4 is 4.74 Å². The van der Waals surface area contributed by atoms with Crippen molar-refractivity contribution in [3.63, 3.8) is 0 Å². The SMILES string of the molecule is COCc1c(C(=O)OC(C)C)ncc2[nH]c3ccc(Oc4ccc(C)cc4[N+](=O)[O-])cc3c12. The average molecular weight is 449 g/mol. The van der Waals surface area contributed by atoms with Crippen LogP contribution in [0.15, 0.2) is 42.6 Å². The van der Waals surface area contributed by atoms with Crippen LogP contribution in [-0.2, 0) is 16.1 Å². The van der Waals surface area contributed by atoms with Crippen molar-refractivity contribution in [1.29, 1.82) is 0 Å². The van der Waals surface area contributed by atoms with Gasteiger partial charge in [-0.3, -0.25) is 10.1 Å². The van der Waals surface area contributed by atoms with E-state index in [-0.39, 0.29) is 29.8 Å². The molecule has 170 valence electrons. The van der Waals surface area contributed by atoms with Crippen LogP contribution in [0.2, 0.25) is 0 Å². The number of ether oxygens (including phenoxy) is 3. The Morgan fingerprint density at radius 2 is 1.97 bits per heavy atom. The van der Waals surface area contributed by atoms with E-state index < -0.39 is 10.9 Å². The zero-order valence-electron chi connectivity index (χ0n) is 18.7. The molecule has 33 heavy (non-hydrogen) atoms. The van der Waals surface area contributed by atoms with Gasteiger partial charge < -0.3 is 19.2 Å². The largest absolute Gasteiger partial charge is 0.458 e. The van der Waals surface area contributed by atoms with Crippen LogP contribution >= 0.6 is 0 Å². The molecule has 0 aliphatic heterocycles. The molecule has 0 spiro atoms. The van der Waals surface area contributed by atoms with E-state index in [0.29, 0.717) is 11.3 Å². The Morgan fingerprint density at radius 1 is 1.18 bits per heavy atom. The van der Waals surface area contributed by atoms with Gasteiger partial charge in [-0.2, -0.15) is 0 Å². The number of esters is 1. The lowest BCUT2D eigenvalue weighted by molar-refractivity contribution is -0.385. The number of H-pyrrole nitrogens is 1. The summed E-state index contributed by atoms with van der Waals surface area (Å²) in [7, 11) is 1.54. The van der Waals surface area contributed by atoms with Gasteiger partial charge in [-0.15, -0.1) is 0 Å². The van der Waals surface area contributed by atoms with Crippen LogP contribution in [0.3, 0.4) is 0 Å². The van der Waals surface area contributed by atoms with E-state index in [1.165, 1.54) is 13.2 Å². The number of rotatable bonds is 7. The molecule has 1 N–H and O–H groups in total. The topological polar surface area (TPSA) is 117 Å². The van der Waals surface area contributed by atoms with E-state index in [1.807, 2.05) is 6.07 Å². The first-order chi connectivity index (χ1) is 15.8. The van der Waals surface area contributed by atoms with Gasteiger partial charge in [-0.25, -0.2) is 9.78 Å². The number of nitrogens with zero attached hydrogens (tertiary/aromatic N) is 2. The molecule has 2 aromatic carbocycles. The number of aromatic amines is 1. The number of carbonyl (C=O) groups excluding carboxylic acids is 1. The van der Waals surface area contributed by atoms with E-state index in [9.17, 15) is 14.9 Å². The summed E-state index contributed by atoms with van der Waals surface area (Å²) in [4.78, 5) is 31.2. The second kappa shape index (κ2) is 8.87. The Bertz CT molecular complexity index is 1380. The maximum atomic E-state index is 12.7. The highest BCUT2D eigenvalue weighted by Crippen LogP contribution is 2.36. The van der Waals surface area contributed by atoms with Crippen LogP contribution in [0.4, 0.5) is 5.69 Å². The summed E-state index contributed by atoms with van der Waals surface area (Å²) in [5.41, 5.74) is 2.93. The molecule has 0 amide bonds. The Hall–Kier alpha value is -3.98. The minimum Gasteiger partial charge on any atom is -0.458 e. The highest BCUT2D eigenvalue weighted by atomic mass is 16.6. The molecule has 0 unspecified atom stereocenters. The van der Waals surface area contributed by atoms with Crippen molar-refractivity contribution < 1.29 is 23.9 Å². The van der Waals surface area contributed by atoms with Gasteiger partial charge in [-0.1, -0.05) is 6.07 Å². The summed E-state index contributed by atoms with van der Waals surface area (Å²) in [6.07, 6.45) is 1.29. The van der Waals surface area contributed by atoms with Gasteiger partial charge in [0.2, 0.25) is 5.75 Å². The first-order valence-corrected chi connectivity index (χ1v) is 10.3. The number of hydrogen-bond donors (Lipinski definition) is 1. The molecular weight excluding hydrogens is 426 g/mol. The van der Waals surface area contributed by atoms with Gasteiger partial charge in [0.1, 0.15) is 5.75 Å². The van der Waals surface area contributed by atoms with E-state index in [2.05, 4.69) is 9.97 Å². The number of aromatic nitrogens is 2. The molecule has 4 aromatic rings. The Balaban J connectivity index is 1.85.